The van der Waals surface area contributed by atoms with Crippen LogP contribution in [-0.4, -0.2) is 10.7 Å². The molecule has 0 unspecified atom stereocenters. The van der Waals surface area contributed by atoms with Crippen molar-refractivity contribution < 1.29 is 0 Å². The number of nitrogens with one attached hydrogen (secondary N) is 2. The van der Waals surface area contributed by atoms with E-state index in [0.29, 0.717) is 0 Å². The lowest BCUT2D eigenvalue weighted by Gasteiger charge is -2.15. The molecule has 0 bridgehead atoms. The highest BCUT2D eigenvalue weighted by molar-refractivity contribution is 6.10. The molecule has 0 aliphatic heterocycles. The van der Waals surface area contributed by atoms with E-state index in [-0.39, 0.29) is 11.1 Å². The van der Waals surface area contributed by atoms with Gasteiger partial charge in [-0.05, 0) is 24.3 Å². The van der Waals surface area contributed by atoms with Crippen LogP contribution in [0.2, 0.25) is 0 Å². The zero-order valence-corrected chi connectivity index (χ0v) is 11.7. The molecule has 1 aromatic carbocycles. The Morgan fingerprint density at radius 1 is 1.20 bits per heavy atom. The molecule has 0 fully saturated rings. The summed E-state index contributed by atoms with van der Waals surface area (Å²) in [6, 6.07) is 11.2. The molecule has 2 N–H and O–H groups in total. The van der Waals surface area contributed by atoms with E-state index in [0.717, 1.165) is 22.3 Å². The largest absolute Gasteiger partial charge is 0.358 e. The molecule has 0 aliphatic rings. The minimum Gasteiger partial charge on any atom is -0.358 e. The van der Waals surface area contributed by atoms with Crippen molar-refractivity contribution in [1.29, 1.82) is 10.5 Å². The minimum atomic E-state index is -0.199. The van der Waals surface area contributed by atoms with Crippen LogP contribution >= 0.6 is 0 Å². The molecule has 5 heteroatoms. The average Bonchev–Trinajstić information content (AvgIpc) is 2.83. The van der Waals surface area contributed by atoms with Crippen LogP contribution in [0.15, 0.2) is 29.4 Å². The van der Waals surface area contributed by atoms with Crippen molar-refractivity contribution in [3.8, 4) is 12.1 Å². The Morgan fingerprint density at radius 2 is 1.90 bits per heavy atom. The second-order valence-corrected chi connectivity index (χ2v) is 5.53. The molecule has 2 aromatic rings. The van der Waals surface area contributed by atoms with Gasteiger partial charge in [0.2, 0.25) is 5.71 Å². The van der Waals surface area contributed by atoms with Crippen molar-refractivity contribution in [3.63, 3.8) is 0 Å². The van der Waals surface area contributed by atoms with Crippen LogP contribution in [0.3, 0.4) is 0 Å². The minimum absolute atomic E-state index is 0.0551. The summed E-state index contributed by atoms with van der Waals surface area (Å²) in [6.07, 6.45) is 0. The number of hydrogen-bond donors (Lipinski definition) is 2. The molecule has 0 saturated heterocycles. The zero-order chi connectivity index (χ0) is 14.8. The smallest absolute Gasteiger partial charge is 0.237 e. The van der Waals surface area contributed by atoms with Crippen molar-refractivity contribution in [2.24, 2.45) is 5.10 Å². The highest BCUT2D eigenvalue weighted by Gasteiger charge is 2.16. The van der Waals surface area contributed by atoms with Crippen LogP contribution in [0.1, 0.15) is 26.5 Å². The number of hydrazone groups is 1. The molecule has 1 heterocycles. The summed E-state index contributed by atoms with van der Waals surface area (Å²) in [5.41, 5.74) is 5.51. The zero-order valence-electron chi connectivity index (χ0n) is 11.7. The molecule has 0 spiro atoms. The molecular weight excluding hydrogens is 250 g/mol. The first-order valence-electron chi connectivity index (χ1n) is 6.21. The lowest BCUT2D eigenvalue weighted by molar-refractivity contribution is 0.574. The number of anilines is 1. The van der Waals surface area contributed by atoms with Gasteiger partial charge in [-0.1, -0.05) is 20.8 Å². The van der Waals surface area contributed by atoms with E-state index in [4.69, 9.17) is 10.5 Å². The summed E-state index contributed by atoms with van der Waals surface area (Å²) in [7, 11) is 0. The maximum atomic E-state index is 8.62. The predicted molar refractivity (Wildman–Crippen MR) is 79.3 cm³/mol. The molecule has 1 aromatic heterocycles. The van der Waals surface area contributed by atoms with E-state index in [1.165, 1.54) is 0 Å². The summed E-state index contributed by atoms with van der Waals surface area (Å²) in [5.74, 6) is 0. The average molecular weight is 265 g/mol. The molecule has 20 heavy (non-hydrogen) atoms. The van der Waals surface area contributed by atoms with Gasteiger partial charge in [0, 0.05) is 22.0 Å². The van der Waals surface area contributed by atoms with Gasteiger partial charge in [0.15, 0.2) is 0 Å². The Kier molecular flexibility index (Phi) is 3.45. The van der Waals surface area contributed by atoms with Gasteiger partial charge < -0.3 is 4.98 Å². The molecule has 0 atom stereocenters. The van der Waals surface area contributed by atoms with Crippen molar-refractivity contribution >= 4 is 22.3 Å². The van der Waals surface area contributed by atoms with E-state index >= 15 is 0 Å². The molecule has 0 amide bonds. The SMILES string of the molecule is CC(C)(C)c1cc2cc(NN=C(C#N)C#N)ccc2[nH]1. The van der Waals surface area contributed by atoms with E-state index in [2.05, 4.69) is 42.3 Å². The summed E-state index contributed by atoms with van der Waals surface area (Å²) < 4.78 is 0. The number of rotatable bonds is 2. The molecule has 0 saturated carbocycles. The second kappa shape index (κ2) is 5.07. The van der Waals surface area contributed by atoms with Gasteiger partial charge in [0.05, 0.1) is 5.69 Å². The van der Waals surface area contributed by atoms with Crippen LogP contribution in [0.4, 0.5) is 5.69 Å². The third-order valence-corrected chi connectivity index (χ3v) is 2.94. The van der Waals surface area contributed by atoms with Crippen molar-refractivity contribution in [3.05, 3.63) is 30.0 Å². The maximum Gasteiger partial charge on any atom is 0.237 e. The summed E-state index contributed by atoms with van der Waals surface area (Å²) in [4.78, 5) is 3.38. The van der Waals surface area contributed by atoms with E-state index in [9.17, 15) is 0 Å². The quantitative estimate of drug-likeness (QED) is 0.645. The normalized spacial score (nSPS) is 10.7. The second-order valence-electron chi connectivity index (χ2n) is 5.53. The topological polar surface area (TPSA) is 87.8 Å². The number of aromatic nitrogens is 1. The Hall–Kier alpha value is -2.79. The Labute approximate surface area is 117 Å². The van der Waals surface area contributed by atoms with Gasteiger partial charge >= 0.3 is 0 Å². The Bertz CT molecular complexity index is 731. The van der Waals surface area contributed by atoms with Crippen LogP contribution in [0, 0.1) is 22.7 Å². The number of nitriles is 2. The fourth-order valence-electron chi connectivity index (χ4n) is 1.80. The van der Waals surface area contributed by atoms with Crippen LogP contribution in [0.5, 0.6) is 0 Å². The third-order valence-electron chi connectivity index (χ3n) is 2.94. The van der Waals surface area contributed by atoms with E-state index in [1.54, 1.807) is 12.1 Å². The van der Waals surface area contributed by atoms with Gasteiger partial charge in [-0.2, -0.15) is 15.6 Å². The van der Waals surface area contributed by atoms with Gasteiger partial charge in [-0.3, -0.25) is 5.43 Å². The lowest BCUT2D eigenvalue weighted by atomic mass is 9.92. The summed E-state index contributed by atoms with van der Waals surface area (Å²) in [6.45, 7) is 6.44. The maximum absolute atomic E-state index is 8.62. The molecule has 0 aliphatic carbocycles. The monoisotopic (exact) mass is 265 g/mol. The van der Waals surface area contributed by atoms with Crippen molar-refractivity contribution in [1.82, 2.24) is 4.98 Å². The molecule has 5 nitrogen and oxygen atoms in total. The number of aromatic amines is 1. The number of H-pyrrole nitrogens is 1. The first kappa shape index (κ1) is 13.6. The van der Waals surface area contributed by atoms with Crippen LogP contribution < -0.4 is 5.43 Å². The standard InChI is InChI=1S/C15H15N5/c1-15(2,3)14-7-10-6-11(4-5-13(10)18-14)19-20-12(8-16)9-17/h4-7,18-19H,1-3H3. The fourth-order valence-corrected chi connectivity index (χ4v) is 1.80. The predicted octanol–water partition coefficient (Wildman–Crippen LogP) is 3.28. The molecule has 0 radical (unpaired) electrons. The molecular formula is C15H15N5. The summed E-state index contributed by atoms with van der Waals surface area (Å²) >= 11 is 0. The highest BCUT2D eigenvalue weighted by atomic mass is 15.3. The third kappa shape index (κ3) is 2.78. The first-order valence-corrected chi connectivity index (χ1v) is 6.21. The highest BCUT2D eigenvalue weighted by Crippen LogP contribution is 2.27. The van der Waals surface area contributed by atoms with Gasteiger partial charge in [-0.15, -0.1) is 0 Å². The van der Waals surface area contributed by atoms with Crippen LogP contribution in [-0.2, 0) is 5.41 Å². The number of fused-ring (bicyclic) bond motifs is 1. The molecule has 2 rings (SSSR count). The lowest BCUT2D eigenvalue weighted by Crippen LogP contribution is -2.10. The number of nitrogens with zero attached hydrogens (tertiary/aromatic N) is 3. The Balaban J connectivity index is 2.33. The Morgan fingerprint density at radius 3 is 2.50 bits per heavy atom. The van der Waals surface area contributed by atoms with Gasteiger partial charge in [-0.25, -0.2) is 0 Å². The van der Waals surface area contributed by atoms with E-state index < -0.39 is 0 Å². The van der Waals surface area contributed by atoms with Crippen molar-refractivity contribution in [2.75, 3.05) is 5.43 Å². The fraction of sp³-hybridized carbons (Fsp3) is 0.267. The van der Waals surface area contributed by atoms with Gasteiger partial charge in [0.25, 0.3) is 0 Å². The van der Waals surface area contributed by atoms with Gasteiger partial charge in [0.1, 0.15) is 12.1 Å². The van der Waals surface area contributed by atoms with Crippen molar-refractivity contribution in [2.45, 2.75) is 26.2 Å². The molecule has 100 valence electrons. The summed E-state index contributed by atoms with van der Waals surface area (Å²) in [5, 5.41) is 22.0. The first-order chi connectivity index (χ1) is 9.44. The van der Waals surface area contributed by atoms with E-state index in [1.807, 2.05) is 18.2 Å². The number of benzene rings is 1. The number of hydrogen-bond acceptors (Lipinski definition) is 4. The van der Waals surface area contributed by atoms with Crippen LogP contribution in [0.25, 0.3) is 10.9 Å².